The predicted molar refractivity (Wildman–Crippen MR) is 174 cm³/mol. The molecule has 5 rings (SSSR count). The molecule has 4 heterocycles. The molecule has 3 aliphatic rings. The van der Waals surface area contributed by atoms with Crippen LogP contribution in [0.3, 0.4) is 0 Å². The number of hydrogen-bond acceptors (Lipinski definition) is 10. The number of nitrogens with one attached hydrogen (secondary N) is 2. The summed E-state index contributed by atoms with van der Waals surface area (Å²) in [5.74, 6) is -0.767. The monoisotopic (exact) mass is 689 g/mol. The number of aliphatic imine (C=N–C) groups is 1. The summed E-state index contributed by atoms with van der Waals surface area (Å²) in [4.78, 5) is 64.9. The van der Waals surface area contributed by atoms with Crippen LogP contribution >= 0.6 is 23.2 Å². The number of halogens is 2. The van der Waals surface area contributed by atoms with E-state index < -0.39 is 11.9 Å². The molecule has 1 aromatic heterocycles. The number of nitrogens with zero attached hydrogens (tertiary/aromatic N) is 5. The summed E-state index contributed by atoms with van der Waals surface area (Å²) < 4.78 is 10.7. The van der Waals surface area contributed by atoms with Gasteiger partial charge in [-0.05, 0) is 49.8 Å². The lowest BCUT2D eigenvalue weighted by Gasteiger charge is -2.38. The lowest BCUT2D eigenvalue weighted by atomic mass is 9.88. The molecule has 2 aromatic rings. The zero-order valence-corrected chi connectivity index (χ0v) is 27.2. The van der Waals surface area contributed by atoms with Crippen molar-refractivity contribution < 1.29 is 28.7 Å². The molecule has 1 aromatic carbocycles. The Hall–Kier alpha value is -4.37. The van der Waals surface area contributed by atoms with Gasteiger partial charge in [0.1, 0.15) is 12.4 Å². The number of rotatable bonds is 10. The van der Waals surface area contributed by atoms with E-state index in [-0.39, 0.29) is 59.0 Å². The Kier molecular flexibility index (Phi) is 10.9. The number of likely N-dealkylation sites (tertiary alicyclic amines) is 2. The van der Waals surface area contributed by atoms with Gasteiger partial charge < -0.3 is 41.4 Å². The molecule has 0 bridgehead atoms. The summed E-state index contributed by atoms with van der Waals surface area (Å²) in [7, 11) is 0. The number of aryl methyl sites for hydroxylation is 1. The van der Waals surface area contributed by atoms with Crippen LogP contribution in [0.1, 0.15) is 54.6 Å². The van der Waals surface area contributed by atoms with Crippen LogP contribution in [0.25, 0.3) is 0 Å². The first-order valence-electron chi connectivity index (χ1n) is 15.4. The van der Waals surface area contributed by atoms with Gasteiger partial charge in [0.2, 0.25) is 11.8 Å². The molecule has 3 amide bonds. The maximum absolute atomic E-state index is 13.0. The number of aromatic nitrogens is 2. The fraction of sp³-hybridized carbons (Fsp3) is 0.500. The summed E-state index contributed by atoms with van der Waals surface area (Å²) in [6, 6.07) is 5.19. The Morgan fingerprint density at radius 3 is 2.60 bits per heavy atom. The highest BCUT2D eigenvalue weighted by Crippen LogP contribution is 2.28. The smallest absolute Gasteiger partial charge is 0.344 e. The molecule has 3 fully saturated rings. The van der Waals surface area contributed by atoms with Crippen LogP contribution in [-0.4, -0.2) is 101 Å². The van der Waals surface area contributed by atoms with Crippen LogP contribution < -0.4 is 26.8 Å². The summed E-state index contributed by atoms with van der Waals surface area (Å²) in [6.45, 7) is 2.48. The van der Waals surface area contributed by atoms with Gasteiger partial charge in [-0.2, -0.15) is 4.99 Å². The number of nitrogens with two attached hydrogens (primary N) is 2. The van der Waals surface area contributed by atoms with E-state index in [0.717, 1.165) is 18.4 Å². The zero-order chi connectivity index (χ0) is 33.6. The number of amides is 3. The largest absolute Gasteiger partial charge is 0.480 e. The maximum atomic E-state index is 13.0. The third-order valence-corrected chi connectivity index (χ3v) is 8.96. The molecule has 3 saturated heterocycles. The van der Waals surface area contributed by atoms with Gasteiger partial charge in [-0.25, -0.2) is 14.8 Å². The van der Waals surface area contributed by atoms with E-state index in [4.69, 9.17) is 44.1 Å². The van der Waals surface area contributed by atoms with Crippen LogP contribution in [0.5, 0.6) is 5.75 Å². The van der Waals surface area contributed by atoms with Crippen molar-refractivity contribution in [2.75, 3.05) is 57.4 Å². The average Bonchev–Trinajstić information content (AvgIpc) is 3.43. The van der Waals surface area contributed by atoms with Gasteiger partial charge in [-0.1, -0.05) is 29.3 Å². The zero-order valence-electron chi connectivity index (χ0n) is 25.7. The summed E-state index contributed by atoms with van der Waals surface area (Å²) in [5.41, 5.74) is 11.6. The van der Waals surface area contributed by atoms with Gasteiger partial charge >= 0.3 is 11.9 Å². The summed E-state index contributed by atoms with van der Waals surface area (Å²) in [6.07, 6.45) is 4.49. The number of guanidine groups is 1. The highest BCUT2D eigenvalue weighted by atomic mass is 35.5. The van der Waals surface area contributed by atoms with Crippen molar-refractivity contribution in [1.82, 2.24) is 30.4 Å². The molecule has 3 aliphatic heterocycles. The first-order chi connectivity index (χ1) is 22.5. The molecule has 15 nitrogen and oxygen atoms in total. The molecule has 6 N–H and O–H groups in total. The van der Waals surface area contributed by atoms with E-state index in [9.17, 15) is 19.2 Å². The predicted octanol–water partition coefficient (Wildman–Crippen LogP) is 1.57. The number of carbonyl (C=O) groups excluding carboxylic acids is 4. The van der Waals surface area contributed by atoms with Crippen molar-refractivity contribution in [2.45, 2.75) is 50.5 Å². The van der Waals surface area contributed by atoms with Crippen LogP contribution in [0.2, 0.25) is 10.2 Å². The molecule has 0 unspecified atom stereocenters. The Balaban J connectivity index is 1.02. The number of ether oxygens (including phenoxy) is 2. The Morgan fingerprint density at radius 2 is 1.85 bits per heavy atom. The van der Waals surface area contributed by atoms with Crippen LogP contribution in [-0.2, 0) is 25.5 Å². The van der Waals surface area contributed by atoms with Crippen molar-refractivity contribution in [3.8, 4) is 5.75 Å². The lowest BCUT2D eigenvalue weighted by molar-refractivity contribution is -0.148. The molecule has 0 saturated carbocycles. The van der Waals surface area contributed by atoms with E-state index in [2.05, 4.69) is 25.6 Å². The fourth-order valence-corrected chi connectivity index (χ4v) is 6.06. The molecule has 0 aliphatic carbocycles. The molecule has 47 heavy (non-hydrogen) atoms. The van der Waals surface area contributed by atoms with Gasteiger partial charge in [0.15, 0.2) is 35.0 Å². The number of benzene rings is 1. The Bertz CT molecular complexity index is 1560. The van der Waals surface area contributed by atoms with Gasteiger partial charge in [0.05, 0.1) is 17.1 Å². The first kappa shape index (κ1) is 34.0. The van der Waals surface area contributed by atoms with Crippen molar-refractivity contribution in [3.63, 3.8) is 0 Å². The van der Waals surface area contributed by atoms with Crippen LogP contribution in [0.4, 0.5) is 11.6 Å². The van der Waals surface area contributed by atoms with E-state index in [1.165, 1.54) is 0 Å². The molecule has 0 radical (unpaired) electrons. The Labute approximate surface area is 281 Å². The molecular weight excluding hydrogens is 653 g/mol. The SMILES string of the molecule is Nc1nc(N)c(C(=O)/N=C2\NCC3(CCN(C(=O)CCc4ccc(OCC(=O)OCCN5CCCCC5=O)c(Cl)c4)CC3)N2)nc1Cl. The molecule has 252 valence electrons. The summed E-state index contributed by atoms with van der Waals surface area (Å²) >= 11 is 12.3. The quantitative estimate of drug-likeness (QED) is 0.262. The van der Waals surface area contributed by atoms with Crippen LogP contribution in [0, 0.1) is 0 Å². The highest BCUT2D eigenvalue weighted by molar-refractivity contribution is 6.32. The molecule has 17 heteroatoms. The van der Waals surface area contributed by atoms with E-state index in [0.29, 0.717) is 75.6 Å². The summed E-state index contributed by atoms with van der Waals surface area (Å²) in [5, 5.41) is 6.59. The number of hydrogen-bond donors (Lipinski definition) is 4. The van der Waals surface area contributed by atoms with Crippen molar-refractivity contribution in [2.24, 2.45) is 4.99 Å². The van der Waals surface area contributed by atoms with Gasteiger partial charge in [0.25, 0.3) is 0 Å². The van der Waals surface area contributed by atoms with Gasteiger partial charge in [0, 0.05) is 39.0 Å². The van der Waals surface area contributed by atoms with Crippen molar-refractivity contribution in [3.05, 3.63) is 39.6 Å². The second-order valence-electron chi connectivity index (χ2n) is 11.7. The third kappa shape index (κ3) is 8.71. The standard InChI is InChI=1S/C30H37Cl2N9O6/c31-19-15-18(4-6-20(19)47-16-23(44)46-14-13-40-10-2-1-3-21(40)42)5-7-22(43)41-11-8-30(9-12-41)17-35-29(39-30)38-28(45)24-26(33)37-27(34)25(32)36-24/h4,6,15H,1-3,5,7-14,16-17H2,(H4,33,34,37)(H2,35,38,39,45). The van der Waals surface area contributed by atoms with Crippen molar-refractivity contribution in [1.29, 1.82) is 0 Å². The van der Waals surface area contributed by atoms with E-state index in [1.54, 1.807) is 23.1 Å². The fourth-order valence-electron chi connectivity index (χ4n) is 5.67. The normalized spacial score (nSPS) is 18.2. The van der Waals surface area contributed by atoms with Gasteiger partial charge in [-0.15, -0.1) is 0 Å². The van der Waals surface area contributed by atoms with Crippen molar-refractivity contribution >= 4 is 64.5 Å². The number of carbonyl (C=O) groups is 4. The number of piperidine rings is 2. The van der Waals surface area contributed by atoms with Gasteiger partial charge in [-0.3, -0.25) is 14.4 Å². The number of anilines is 2. The Morgan fingerprint density at radius 1 is 1.06 bits per heavy atom. The van der Waals surface area contributed by atoms with E-state index >= 15 is 0 Å². The maximum Gasteiger partial charge on any atom is 0.344 e. The topological polar surface area (TPSA) is 207 Å². The molecule has 1 spiro atoms. The average molecular weight is 691 g/mol. The molecule has 0 atom stereocenters. The van der Waals surface area contributed by atoms with E-state index in [1.807, 2.05) is 4.90 Å². The minimum absolute atomic E-state index is 0.0228. The second kappa shape index (κ2) is 15.0. The minimum atomic E-state index is -0.711. The first-order valence-corrected chi connectivity index (χ1v) is 16.1. The third-order valence-electron chi connectivity index (χ3n) is 8.39. The number of nitrogen functional groups attached to an aromatic ring is 2. The lowest BCUT2D eigenvalue weighted by Crippen LogP contribution is -2.53. The second-order valence-corrected chi connectivity index (χ2v) is 12.4. The highest BCUT2D eigenvalue weighted by Gasteiger charge is 2.40. The number of esters is 1. The minimum Gasteiger partial charge on any atom is -0.480 e. The van der Waals surface area contributed by atoms with Crippen LogP contribution in [0.15, 0.2) is 23.2 Å². The molecular formula is C30H37Cl2N9O6.